The van der Waals surface area contributed by atoms with Gasteiger partial charge in [0.25, 0.3) is 5.91 Å². The van der Waals surface area contributed by atoms with E-state index in [0.717, 1.165) is 26.1 Å². The molecule has 28 heavy (non-hydrogen) atoms. The van der Waals surface area contributed by atoms with Gasteiger partial charge in [-0.05, 0) is 37.0 Å². The summed E-state index contributed by atoms with van der Waals surface area (Å²) < 4.78 is 19.8. The molecule has 2 aromatic rings. The number of carbonyl (C=O) groups is 1. The molecule has 1 amide bonds. The highest BCUT2D eigenvalue weighted by atomic mass is 19.1. The number of amides is 1. The number of halogens is 1. The Labute approximate surface area is 166 Å². The smallest absolute Gasteiger partial charge is 0.256 e. The van der Waals surface area contributed by atoms with E-state index in [0.29, 0.717) is 5.69 Å². The van der Waals surface area contributed by atoms with E-state index in [1.165, 1.54) is 18.7 Å². The number of hydrogen-bond acceptors (Lipinski definition) is 3. The minimum absolute atomic E-state index is 0.0611. The summed E-state index contributed by atoms with van der Waals surface area (Å²) in [5.41, 5.74) is 1.62. The van der Waals surface area contributed by atoms with Crippen LogP contribution in [0.4, 0.5) is 10.1 Å². The fourth-order valence-electron chi connectivity index (χ4n) is 3.99. The van der Waals surface area contributed by atoms with Gasteiger partial charge in [0.15, 0.2) is 0 Å². The van der Waals surface area contributed by atoms with Gasteiger partial charge in [0, 0.05) is 32.8 Å². The average Bonchev–Trinajstić information content (AvgIpc) is 2.71. The molecule has 1 aliphatic rings. The van der Waals surface area contributed by atoms with Crippen molar-refractivity contribution in [3.05, 3.63) is 66.0 Å². The minimum Gasteiger partial charge on any atom is -0.372 e. The van der Waals surface area contributed by atoms with Gasteiger partial charge < -0.3 is 9.64 Å². The summed E-state index contributed by atoms with van der Waals surface area (Å²) in [6.45, 7) is 6.47. The van der Waals surface area contributed by atoms with Crippen molar-refractivity contribution in [3.8, 4) is 0 Å². The van der Waals surface area contributed by atoms with E-state index in [1.807, 2.05) is 6.07 Å². The molecular formula is C23H29FN2O2. The highest BCUT2D eigenvalue weighted by molar-refractivity contribution is 5.97. The van der Waals surface area contributed by atoms with Crippen molar-refractivity contribution in [3.63, 3.8) is 0 Å². The zero-order chi connectivity index (χ0) is 20.1. The van der Waals surface area contributed by atoms with Crippen molar-refractivity contribution in [2.24, 2.45) is 5.92 Å². The van der Waals surface area contributed by atoms with Crippen LogP contribution in [0.25, 0.3) is 0 Å². The highest BCUT2D eigenvalue weighted by Crippen LogP contribution is 2.30. The molecule has 2 aromatic carbocycles. The van der Waals surface area contributed by atoms with E-state index in [9.17, 15) is 9.18 Å². The van der Waals surface area contributed by atoms with E-state index in [2.05, 4.69) is 36.1 Å². The predicted molar refractivity (Wildman–Crippen MR) is 110 cm³/mol. The monoisotopic (exact) mass is 384 g/mol. The number of para-hydroxylation sites is 1. The van der Waals surface area contributed by atoms with Gasteiger partial charge in [0.2, 0.25) is 0 Å². The molecule has 1 fully saturated rings. The van der Waals surface area contributed by atoms with Crippen LogP contribution < -0.4 is 4.90 Å². The van der Waals surface area contributed by atoms with Crippen LogP contribution in [0.2, 0.25) is 0 Å². The molecule has 3 unspecified atom stereocenters. The molecule has 0 saturated carbocycles. The van der Waals surface area contributed by atoms with Crippen molar-refractivity contribution in [2.45, 2.75) is 39.0 Å². The van der Waals surface area contributed by atoms with Gasteiger partial charge in [0.05, 0.1) is 5.69 Å². The number of methoxy groups -OCH3 is 1. The summed E-state index contributed by atoms with van der Waals surface area (Å²) in [5.74, 6) is -0.357. The lowest BCUT2D eigenvalue weighted by Gasteiger charge is -2.43. The summed E-state index contributed by atoms with van der Waals surface area (Å²) in [4.78, 5) is 17.1. The SMILES string of the molecule is COC(C)C(=O)N(c1ccccc1F)C1CCN(Cc2ccccc2)CC1C. The molecule has 1 aliphatic heterocycles. The quantitative estimate of drug-likeness (QED) is 0.752. The maximum atomic E-state index is 14.6. The van der Waals surface area contributed by atoms with Gasteiger partial charge in [-0.1, -0.05) is 49.4 Å². The molecule has 0 aromatic heterocycles. The number of ether oxygens (including phenoxy) is 1. The van der Waals surface area contributed by atoms with Crippen molar-refractivity contribution >= 4 is 11.6 Å². The van der Waals surface area contributed by atoms with E-state index in [-0.39, 0.29) is 23.7 Å². The van der Waals surface area contributed by atoms with Crippen LogP contribution in [0.15, 0.2) is 54.6 Å². The number of anilines is 1. The number of piperidine rings is 1. The molecule has 5 heteroatoms. The number of hydrogen-bond donors (Lipinski definition) is 0. The van der Waals surface area contributed by atoms with Crippen molar-refractivity contribution < 1.29 is 13.9 Å². The fraction of sp³-hybridized carbons (Fsp3) is 0.435. The standard InChI is InChI=1S/C23H29FN2O2/c1-17-15-25(16-19-9-5-4-6-10-19)14-13-21(17)26(23(27)18(2)28-3)22-12-8-7-11-20(22)24/h4-12,17-18,21H,13-16H2,1-3H3. The summed E-state index contributed by atoms with van der Waals surface area (Å²) in [5, 5.41) is 0. The molecule has 0 N–H and O–H groups in total. The van der Waals surface area contributed by atoms with E-state index < -0.39 is 6.10 Å². The Hall–Kier alpha value is -2.24. The van der Waals surface area contributed by atoms with E-state index in [4.69, 9.17) is 4.74 Å². The number of carbonyl (C=O) groups excluding carboxylic acids is 1. The van der Waals surface area contributed by atoms with Crippen LogP contribution in [-0.2, 0) is 16.1 Å². The first-order valence-corrected chi connectivity index (χ1v) is 9.88. The lowest BCUT2D eigenvalue weighted by Crippen LogP contribution is -2.54. The molecule has 4 nitrogen and oxygen atoms in total. The normalized spacial score (nSPS) is 21.3. The third-order valence-corrected chi connectivity index (χ3v) is 5.58. The topological polar surface area (TPSA) is 32.8 Å². The molecule has 1 saturated heterocycles. The number of benzene rings is 2. The molecule has 0 bridgehead atoms. The van der Waals surface area contributed by atoms with E-state index >= 15 is 0 Å². The van der Waals surface area contributed by atoms with Gasteiger partial charge in [-0.2, -0.15) is 0 Å². The molecule has 3 atom stereocenters. The van der Waals surface area contributed by atoms with Crippen molar-refractivity contribution in [1.29, 1.82) is 0 Å². The highest BCUT2D eigenvalue weighted by Gasteiger charge is 2.36. The second-order valence-corrected chi connectivity index (χ2v) is 7.59. The molecule has 3 rings (SSSR count). The summed E-state index contributed by atoms with van der Waals surface area (Å²) in [6.07, 6.45) is 0.180. The fourth-order valence-corrected chi connectivity index (χ4v) is 3.99. The predicted octanol–water partition coefficient (Wildman–Crippen LogP) is 4.10. The van der Waals surface area contributed by atoms with Gasteiger partial charge in [0.1, 0.15) is 11.9 Å². The van der Waals surface area contributed by atoms with Gasteiger partial charge in [-0.25, -0.2) is 4.39 Å². The Morgan fingerprint density at radius 3 is 2.54 bits per heavy atom. The van der Waals surface area contributed by atoms with Gasteiger partial charge >= 0.3 is 0 Å². The van der Waals surface area contributed by atoms with E-state index in [1.54, 1.807) is 30.0 Å². The van der Waals surface area contributed by atoms with Crippen LogP contribution in [0.5, 0.6) is 0 Å². The molecule has 0 aliphatic carbocycles. The minimum atomic E-state index is -0.617. The Bertz CT molecular complexity index is 783. The van der Waals surface area contributed by atoms with Crippen LogP contribution >= 0.6 is 0 Å². The first kappa shape index (κ1) is 20.5. The summed E-state index contributed by atoms with van der Waals surface area (Å²) >= 11 is 0. The Kier molecular flexibility index (Phi) is 6.81. The molecule has 150 valence electrons. The average molecular weight is 384 g/mol. The summed E-state index contributed by atoms with van der Waals surface area (Å²) in [6, 6.07) is 16.8. The first-order valence-electron chi connectivity index (χ1n) is 9.88. The third kappa shape index (κ3) is 4.59. The second kappa shape index (κ2) is 9.30. The van der Waals surface area contributed by atoms with Crippen LogP contribution in [0.3, 0.4) is 0 Å². The molecule has 1 heterocycles. The van der Waals surface area contributed by atoms with Crippen LogP contribution in [0.1, 0.15) is 25.8 Å². The van der Waals surface area contributed by atoms with Crippen LogP contribution in [0, 0.1) is 11.7 Å². The Balaban J connectivity index is 1.79. The second-order valence-electron chi connectivity index (χ2n) is 7.59. The number of rotatable bonds is 6. The number of likely N-dealkylation sites (tertiary alicyclic amines) is 1. The molecule has 0 radical (unpaired) electrons. The first-order chi connectivity index (χ1) is 13.5. The lowest BCUT2D eigenvalue weighted by molar-refractivity contribution is -0.128. The molecular weight excluding hydrogens is 355 g/mol. The van der Waals surface area contributed by atoms with Crippen molar-refractivity contribution in [1.82, 2.24) is 4.90 Å². The maximum Gasteiger partial charge on any atom is 0.256 e. The maximum absolute atomic E-state index is 14.6. The van der Waals surface area contributed by atoms with Gasteiger partial charge in [-0.15, -0.1) is 0 Å². The number of nitrogens with zero attached hydrogens (tertiary/aromatic N) is 2. The van der Waals surface area contributed by atoms with Gasteiger partial charge in [-0.3, -0.25) is 9.69 Å². The zero-order valence-electron chi connectivity index (χ0n) is 16.8. The summed E-state index contributed by atoms with van der Waals surface area (Å²) in [7, 11) is 1.51. The Morgan fingerprint density at radius 1 is 1.21 bits per heavy atom. The zero-order valence-corrected chi connectivity index (χ0v) is 16.8. The lowest BCUT2D eigenvalue weighted by atomic mass is 9.91. The third-order valence-electron chi connectivity index (χ3n) is 5.58. The largest absolute Gasteiger partial charge is 0.372 e. The van der Waals surface area contributed by atoms with Crippen LogP contribution in [-0.4, -0.2) is 43.2 Å². The molecule has 0 spiro atoms. The Morgan fingerprint density at radius 2 is 1.89 bits per heavy atom. The van der Waals surface area contributed by atoms with Crippen molar-refractivity contribution in [2.75, 3.05) is 25.1 Å².